The van der Waals surface area contributed by atoms with Crippen LogP contribution < -0.4 is 0 Å². The van der Waals surface area contributed by atoms with Gasteiger partial charge in [-0.25, -0.2) is 9.50 Å². The smallest absolute Gasteiger partial charge is 0.303 e. The van der Waals surface area contributed by atoms with E-state index < -0.39 is 5.97 Å². The predicted molar refractivity (Wildman–Crippen MR) is 65.5 cm³/mol. The molecule has 92 valence electrons. The minimum absolute atomic E-state index is 0.0204. The SMILES string of the molecule is CC(C)(C)c1nn2cc(CCC(=O)O)nc2s1. The molecule has 6 heteroatoms. The Balaban J connectivity index is 2.23. The molecular formula is C11H15N3O2S. The third-order valence-corrected chi connectivity index (χ3v) is 3.68. The third kappa shape index (κ3) is 2.63. The van der Waals surface area contributed by atoms with Crippen molar-refractivity contribution in [3.63, 3.8) is 0 Å². The minimum Gasteiger partial charge on any atom is -0.481 e. The summed E-state index contributed by atoms with van der Waals surface area (Å²) in [6.07, 6.45) is 2.37. The van der Waals surface area contributed by atoms with Gasteiger partial charge in [0.25, 0.3) is 0 Å². The number of imidazole rings is 1. The molecule has 0 saturated carbocycles. The Hall–Kier alpha value is -1.43. The molecule has 0 aliphatic heterocycles. The van der Waals surface area contributed by atoms with E-state index in [-0.39, 0.29) is 11.8 Å². The molecule has 0 fully saturated rings. The Morgan fingerprint density at radius 3 is 2.76 bits per heavy atom. The maximum Gasteiger partial charge on any atom is 0.303 e. The maximum atomic E-state index is 10.5. The molecule has 2 aromatic rings. The zero-order chi connectivity index (χ0) is 12.6. The second-order valence-electron chi connectivity index (χ2n) is 5.01. The molecule has 17 heavy (non-hydrogen) atoms. The van der Waals surface area contributed by atoms with Crippen LogP contribution in [0.15, 0.2) is 6.20 Å². The van der Waals surface area contributed by atoms with E-state index in [1.54, 1.807) is 15.9 Å². The standard InChI is InChI=1S/C11H15N3O2S/c1-11(2,3)9-13-14-6-7(4-5-8(15)16)12-10(14)17-9/h6H,4-5H2,1-3H3,(H,15,16). The Labute approximate surface area is 103 Å². The van der Waals surface area contributed by atoms with Crippen molar-refractivity contribution < 1.29 is 9.90 Å². The van der Waals surface area contributed by atoms with Crippen LogP contribution in [-0.2, 0) is 16.6 Å². The van der Waals surface area contributed by atoms with Crippen LogP contribution >= 0.6 is 11.3 Å². The molecule has 0 amide bonds. The first-order valence-electron chi connectivity index (χ1n) is 5.43. The van der Waals surface area contributed by atoms with Gasteiger partial charge in [-0.05, 0) is 0 Å². The quantitative estimate of drug-likeness (QED) is 0.909. The Bertz CT molecular complexity index is 519. The topological polar surface area (TPSA) is 67.5 Å². The van der Waals surface area contributed by atoms with Gasteiger partial charge in [0.05, 0.1) is 18.3 Å². The van der Waals surface area contributed by atoms with Crippen molar-refractivity contribution in [2.24, 2.45) is 0 Å². The Morgan fingerprint density at radius 1 is 1.53 bits per heavy atom. The van der Waals surface area contributed by atoms with Gasteiger partial charge in [-0.15, -0.1) is 0 Å². The first kappa shape index (κ1) is 12.0. The Morgan fingerprint density at radius 2 is 2.24 bits per heavy atom. The summed E-state index contributed by atoms with van der Waals surface area (Å²) in [5, 5.41) is 14.1. The number of hydrogen-bond donors (Lipinski definition) is 1. The van der Waals surface area contributed by atoms with Crippen molar-refractivity contribution in [3.8, 4) is 0 Å². The number of aryl methyl sites for hydroxylation is 1. The summed E-state index contributed by atoms with van der Waals surface area (Å²) in [6, 6.07) is 0. The molecule has 2 heterocycles. The molecule has 0 bridgehead atoms. The van der Waals surface area contributed by atoms with Gasteiger partial charge in [-0.3, -0.25) is 4.79 Å². The van der Waals surface area contributed by atoms with Gasteiger partial charge in [0.2, 0.25) is 4.96 Å². The fourth-order valence-electron chi connectivity index (χ4n) is 1.40. The molecule has 0 saturated heterocycles. The predicted octanol–water partition coefficient (Wildman–Crippen LogP) is 2.11. The maximum absolute atomic E-state index is 10.5. The number of aromatic nitrogens is 3. The molecule has 0 aliphatic rings. The molecule has 2 aromatic heterocycles. The number of hydrogen-bond acceptors (Lipinski definition) is 4. The fraction of sp³-hybridized carbons (Fsp3) is 0.545. The van der Waals surface area contributed by atoms with E-state index in [0.29, 0.717) is 6.42 Å². The Kier molecular flexibility index (Phi) is 2.91. The normalized spacial score (nSPS) is 12.2. The van der Waals surface area contributed by atoms with Crippen molar-refractivity contribution >= 4 is 22.3 Å². The van der Waals surface area contributed by atoms with E-state index in [0.717, 1.165) is 15.7 Å². The highest BCUT2D eigenvalue weighted by Gasteiger charge is 2.20. The monoisotopic (exact) mass is 253 g/mol. The molecular weight excluding hydrogens is 238 g/mol. The van der Waals surface area contributed by atoms with Gasteiger partial charge >= 0.3 is 5.97 Å². The number of carboxylic acids is 1. The summed E-state index contributed by atoms with van der Waals surface area (Å²) >= 11 is 1.55. The zero-order valence-corrected chi connectivity index (χ0v) is 10.9. The molecule has 5 nitrogen and oxygen atoms in total. The number of carbonyl (C=O) groups is 1. The number of fused-ring (bicyclic) bond motifs is 1. The van der Waals surface area contributed by atoms with Crippen LogP contribution in [0.25, 0.3) is 4.96 Å². The number of aliphatic carboxylic acids is 1. The van der Waals surface area contributed by atoms with Crippen molar-refractivity contribution in [2.75, 3.05) is 0 Å². The summed E-state index contributed by atoms with van der Waals surface area (Å²) in [7, 11) is 0. The molecule has 0 radical (unpaired) electrons. The van der Waals surface area contributed by atoms with E-state index in [1.165, 1.54) is 0 Å². The van der Waals surface area contributed by atoms with Crippen molar-refractivity contribution in [1.82, 2.24) is 14.6 Å². The van der Waals surface area contributed by atoms with E-state index in [1.807, 2.05) is 6.20 Å². The summed E-state index contributed by atoms with van der Waals surface area (Å²) in [5.74, 6) is -0.801. The average Bonchev–Trinajstić information content (AvgIpc) is 2.69. The van der Waals surface area contributed by atoms with Crippen LogP contribution in [0.4, 0.5) is 0 Å². The number of nitrogens with zero attached hydrogens (tertiary/aromatic N) is 3. The average molecular weight is 253 g/mol. The molecule has 0 atom stereocenters. The first-order chi connectivity index (χ1) is 7.86. The van der Waals surface area contributed by atoms with Crippen LogP contribution in [0.2, 0.25) is 0 Å². The van der Waals surface area contributed by atoms with Crippen LogP contribution in [0, 0.1) is 0 Å². The van der Waals surface area contributed by atoms with Crippen LogP contribution in [0.1, 0.15) is 37.9 Å². The highest BCUT2D eigenvalue weighted by molar-refractivity contribution is 7.16. The lowest BCUT2D eigenvalue weighted by Gasteiger charge is -2.12. The lowest BCUT2D eigenvalue weighted by atomic mass is 9.98. The molecule has 2 rings (SSSR count). The first-order valence-corrected chi connectivity index (χ1v) is 6.25. The summed E-state index contributed by atoms with van der Waals surface area (Å²) in [4.78, 5) is 15.7. The summed E-state index contributed by atoms with van der Waals surface area (Å²) < 4.78 is 1.74. The third-order valence-electron chi connectivity index (χ3n) is 2.33. The highest BCUT2D eigenvalue weighted by Crippen LogP contribution is 2.27. The van der Waals surface area contributed by atoms with Gasteiger partial charge in [0.1, 0.15) is 5.01 Å². The molecule has 0 unspecified atom stereocenters. The lowest BCUT2D eigenvalue weighted by molar-refractivity contribution is -0.136. The highest BCUT2D eigenvalue weighted by atomic mass is 32.1. The van der Waals surface area contributed by atoms with E-state index >= 15 is 0 Å². The van der Waals surface area contributed by atoms with E-state index in [9.17, 15) is 4.79 Å². The van der Waals surface area contributed by atoms with Crippen molar-refractivity contribution in [1.29, 1.82) is 0 Å². The number of carboxylic acid groups (broad SMARTS) is 1. The van der Waals surface area contributed by atoms with Crippen LogP contribution in [0.3, 0.4) is 0 Å². The van der Waals surface area contributed by atoms with Crippen LogP contribution in [0.5, 0.6) is 0 Å². The minimum atomic E-state index is -0.801. The van der Waals surface area contributed by atoms with Gasteiger partial charge in [-0.2, -0.15) is 5.10 Å². The lowest BCUT2D eigenvalue weighted by Crippen LogP contribution is -2.10. The van der Waals surface area contributed by atoms with Gasteiger partial charge in [-0.1, -0.05) is 32.1 Å². The zero-order valence-electron chi connectivity index (χ0n) is 10.1. The van der Waals surface area contributed by atoms with E-state index in [2.05, 4.69) is 30.9 Å². The molecule has 0 aromatic carbocycles. The summed E-state index contributed by atoms with van der Waals surface area (Å²) in [6.45, 7) is 6.32. The second kappa shape index (κ2) is 4.10. The summed E-state index contributed by atoms with van der Waals surface area (Å²) in [5.41, 5.74) is 0.804. The van der Waals surface area contributed by atoms with Crippen LogP contribution in [-0.4, -0.2) is 25.7 Å². The number of rotatable bonds is 3. The molecule has 0 aliphatic carbocycles. The van der Waals surface area contributed by atoms with Gasteiger partial charge in [0.15, 0.2) is 0 Å². The fourth-order valence-corrected chi connectivity index (χ4v) is 2.36. The van der Waals surface area contributed by atoms with Crippen molar-refractivity contribution in [3.05, 3.63) is 16.9 Å². The molecule has 1 N–H and O–H groups in total. The largest absolute Gasteiger partial charge is 0.481 e. The second-order valence-corrected chi connectivity index (χ2v) is 5.97. The van der Waals surface area contributed by atoms with Gasteiger partial charge < -0.3 is 5.11 Å². The molecule has 0 spiro atoms. The van der Waals surface area contributed by atoms with Gasteiger partial charge in [0, 0.05) is 11.8 Å². The van der Waals surface area contributed by atoms with E-state index in [4.69, 9.17) is 5.11 Å². The van der Waals surface area contributed by atoms with Crippen molar-refractivity contribution in [2.45, 2.75) is 39.0 Å².